The SMILES string of the molecule is COc1ccccc1N1CCN(CC(=O)Nc2ccc(C)c(F)c2)C1=O. The van der Waals surface area contributed by atoms with E-state index in [2.05, 4.69) is 5.32 Å². The van der Waals surface area contributed by atoms with E-state index in [1.54, 1.807) is 43.2 Å². The zero-order valence-corrected chi connectivity index (χ0v) is 14.7. The van der Waals surface area contributed by atoms with E-state index in [0.29, 0.717) is 35.8 Å². The van der Waals surface area contributed by atoms with Crippen molar-refractivity contribution in [1.29, 1.82) is 0 Å². The lowest BCUT2D eigenvalue weighted by Crippen LogP contribution is -2.37. The highest BCUT2D eigenvalue weighted by molar-refractivity contribution is 6.00. The van der Waals surface area contributed by atoms with Crippen molar-refractivity contribution < 1.29 is 18.7 Å². The number of amides is 3. The third-order valence-corrected chi connectivity index (χ3v) is 4.26. The highest BCUT2D eigenvalue weighted by Gasteiger charge is 2.32. The zero-order valence-electron chi connectivity index (χ0n) is 14.7. The molecule has 7 heteroatoms. The topological polar surface area (TPSA) is 61.9 Å². The second-order valence-corrected chi connectivity index (χ2v) is 6.04. The summed E-state index contributed by atoms with van der Waals surface area (Å²) in [6.45, 7) is 2.44. The van der Waals surface area contributed by atoms with E-state index in [0.717, 1.165) is 0 Å². The molecule has 136 valence electrons. The van der Waals surface area contributed by atoms with E-state index in [4.69, 9.17) is 4.74 Å². The van der Waals surface area contributed by atoms with Gasteiger partial charge in [0.15, 0.2) is 0 Å². The molecule has 6 nitrogen and oxygen atoms in total. The molecule has 1 N–H and O–H groups in total. The van der Waals surface area contributed by atoms with Gasteiger partial charge in [0, 0.05) is 18.8 Å². The summed E-state index contributed by atoms with van der Waals surface area (Å²) in [5.41, 5.74) is 1.54. The van der Waals surface area contributed by atoms with Crippen molar-refractivity contribution in [2.45, 2.75) is 6.92 Å². The molecular weight excluding hydrogens is 337 g/mol. The lowest BCUT2D eigenvalue weighted by molar-refractivity contribution is -0.116. The predicted octanol–water partition coefficient (Wildman–Crippen LogP) is 3.02. The molecule has 0 radical (unpaired) electrons. The van der Waals surface area contributed by atoms with Gasteiger partial charge in [-0.3, -0.25) is 9.69 Å². The number of para-hydroxylation sites is 2. The summed E-state index contributed by atoms with van der Waals surface area (Å²) in [5.74, 6) is -0.159. The lowest BCUT2D eigenvalue weighted by atomic mass is 10.2. The molecule has 1 fully saturated rings. The summed E-state index contributed by atoms with van der Waals surface area (Å²) in [4.78, 5) is 27.9. The van der Waals surface area contributed by atoms with Crippen molar-refractivity contribution in [2.75, 3.05) is 37.0 Å². The van der Waals surface area contributed by atoms with E-state index in [1.165, 1.54) is 11.0 Å². The molecule has 26 heavy (non-hydrogen) atoms. The summed E-state index contributed by atoms with van der Waals surface area (Å²) in [6, 6.07) is 11.5. The highest BCUT2D eigenvalue weighted by atomic mass is 19.1. The molecule has 1 saturated heterocycles. The Kier molecular flexibility index (Phi) is 5.06. The van der Waals surface area contributed by atoms with Crippen molar-refractivity contribution in [2.24, 2.45) is 0 Å². The van der Waals surface area contributed by atoms with Gasteiger partial charge in [-0.05, 0) is 36.8 Å². The average molecular weight is 357 g/mol. The molecular formula is C19H20FN3O3. The number of nitrogens with zero attached hydrogens (tertiary/aromatic N) is 2. The van der Waals surface area contributed by atoms with Gasteiger partial charge in [-0.2, -0.15) is 0 Å². The monoisotopic (exact) mass is 357 g/mol. The van der Waals surface area contributed by atoms with Gasteiger partial charge >= 0.3 is 6.03 Å². The Morgan fingerprint density at radius 3 is 2.73 bits per heavy atom. The van der Waals surface area contributed by atoms with Crippen LogP contribution < -0.4 is 15.0 Å². The Hall–Kier alpha value is -3.09. The minimum Gasteiger partial charge on any atom is -0.495 e. The number of anilines is 2. The molecule has 0 spiro atoms. The van der Waals surface area contributed by atoms with E-state index < -0.39 is 0 Å². The van der Waals surface area contributed by atoms with E-state index in [9.17, 15) is 14.0 Å². The summed E-state index contributed by atoms with van der Waals surface area (Å²) < 4.78 is 18.9. The van der Waals surface area contributed by atoms with Gasteiger partial charge in [0.25, 0.3) is 0 Å². The maximum Gasteiger partial charge on any atom is 0.325 e. The Labute approximate surface area is 151 Å². The normalized spacial score (nSPS) is 13.9. The molecule has 1 aliphatic heterocycles. The third kappa shape index (κ3) is 3.61. The van der Waals surface area contributed by atoms with Crippen LogP contribution in [0.15, 0.2) is 42.5 Å². The molecule has 0 saturated carbocycles. The smallest absolute Gasteiger partial charge is 0.325 e. The van der Waals surface area contributed by atoms with Crippen molar-refractivity contribution in [3.8, 4) is 5.75 Å². The van der Waals surface area contributed by atoms with Crippen LogP contribution in [0, 0.1) is 12.7 Å². The molecule has 0 unspecified atom stereocenters. The molecule has 1 heterocycles. The number of hydrogen-bond donors (Lipinski definition) is 1. The lowest BCUT2D eigenvalue weighted by Gasteiger charge is -2.20. The van der Waals surface area contributed by atoms with Crippen LogP contribution in [-0.4, -0.2) is 43.6 Å². The first kappa shape index (κ1) is 17.7. The molecule has 0 aromatic heterocycles. The highest BCUT2D eigenvalue weighted by Crippen LogP contribution is 2.30. The molecule has 0 atom stereocenters. The van der Waals surface area contributed by atoms with Crippen LogP contribution in [0.1, 0.15) is 5.56 Å². The molecule has 2 aromatic rings. The summed E-state index contributed by atoms with van der Waals surface area (Å²) in [6.07, 6.45) is 0. The number of rotatable bonds is 5. The van der Waals surface area contributed by atoms with Crippen LogP contribution in [0.3, 0.4) is 0 Å². The van der Waals surface area contributed by atoms with Crippen LogP contribution >= 0.6 is 0 Å². The minimum absolute atomic E-state index is 0.0972. The number of halogens is 1. The fourth-order valence-corrected chi connectivity index (χ4v) is 2.85. The third-order valence-electron chi connectivity index (χ3n) is 4.26. The van der Waals surface area contributed by atoms with Gasteiger partial charge in [0.2, 0.25) is 5.91 Å². The Morgan fingerprint density at radius 2 is 2.00 bits per heavy atom. The number of benzene rings is 2. The number of carbonyl (C=O) groups excluding carboxylic acids is 2. The van der Waals surface area contributed by atoms with Crippen LogP contribution in [0.2, 0.25) is 0 Å². The number of ether oxygens (including phenoxy) is 1. The average Bonchev–Trinajstić information content (AvgIpc) is 2.98. The Balaban J connectivity index is 1.65. The molecule has 3 rings (SSSR count). The van der Waals surface area contributed by atoms with Gasteiger partial charge in [-0.15, -0.1) is 0 Å². The van der Waals surface area contributed by atoms with Crippen LogP contribution in [0.5, 0.6) is 5.75 Å². The number of hydrogen-bond acceptors (Lipinski definition) is 3. The number of urea groups is 1. The number of methoxy groups -OCH3 is 1. The van der Waals surface area contributed by atoms with Gasteiger partial charge in [0.1, 0.15) is 18.1 Å². The molecule has 0 bridgehead atoms. The van der Waals surface area contributed by atoms with Crippen molar-refractivity contribution in [1.82, 2.24) is 4.90 Å². The van der Waals surface area contributed by atoms with Crippen LogP contribution in [0.4, 0.5) is 20.6 Å². The first-order chi connectivity index (χ1) is 12.5. The fraction of sp³-hybridized carbons (Fsp3) is 0.263. The maximum absolute atomic E-state index is 13.6. The fourth-order valence-electron chi connectivity index (χ4n) is 2.85. The molecule has 1 aliphatic rings. The van der Waals surface area contributed by atoms with Gasteiger partial charge in [-0.1, -0.05) is 18.2 Å². The second kappa shape index (κ2) is 7.43. The van der Waals surface area contributed by atoms with Gasteiger partial charge in [-0.25, -0.2) is 9.18 Å². The summed E-state index contributed by atoms with van der Waals surface area (Å²) in [5, 5.41) is 2.62. The maximum atomic E-state index is 13.6. The number of carbonyl (C=O) groups is 2. The van der Waals surface area contributed by atoms with Crippen LogP contribution in [-0.2, 0) is 4.79 Å². The Morgan fingerprint density at radius 1 is 1.23 bits per heavy atom. The van der Waals surface area contributed by atoms with Crippen molar-refractivity contribution in [3.63, 3.8) is 0 Å². The van der Waals surface area contributed by atoms with Crippen LogP contribution in [0.25, 0.3) is 0 Å². The van der Waals surface area contributed by atoms with E-state index in [-0.39, 0.29) is 24.3 Å². The summed E-state index contributed by atoms with van der Waals surface area (Å²) >= 11 is 0. The quantitative estimate of drug-likeness (QED) is 0.895. The molecule has 3 amide bonds. The van der Waals surface area contributed by atoms with E-state index >= 15 is 0 Å². The first-order valence-corrected chi connectivity index (χ1v) is 8.25. The number of aryl methyl sites for hydroxylation is 1. The van der Waals surface area contributed by atoms with Crippen molar-refractivity contribution >= 4 is 23.3 Å². The Bertz CT molecular complexity index is 841. The largest absolute Gasteiger partial charge is 0.495 e. The standard InChI is InChI=1S/C19H20FN3O3/c1-13-7-8-14(11-15(13)20)21-18(24)12-22-9-10-23(19(22)25)16-5-3-4-6-17(16)26-2/h3-8,11H,9-10,12H2,1-2H3,(H,21,24). The minimum atomic E-state index is -0.387. The van der Waals surface area contributed by atoms with E-state index in [1.807, 2.05) is 12.1 Å². The van der Waals surface area contributed by atoms with Gasteiger partial charge < -0.3 is 15.0 Å². The second-order valence-electron chi connectivity index (χ2n) is 6.04. The summed E-state index contributed by atoms with van der Waals surface area (Å²) in [7, 11) is 1.55. The zero-order chi connectivity index (χ0) is 18.7. The number of nitrogens with one attached hydrogen (secondary N) is 1. The first-order valence-electron chi connectivity index (χ1n) is 8.25. The molecule has 0 aliphatic carbocycles. The van der Waals surface area contributed by atoms with Crippen molar-refractivity contribution in [3.05, 3.63) is 53.8 Å². The molecule has 2 aromatic carbocycles. The predicted molar refractivity (Wildman–Crippen MR) is 97.1 cm³/mol. The van der Waals surface area contributed by atoms with Gasteiger partial charge in [0.05, 0.1) is 12.8 Å².